The molecule has 104 valence electrons. The van der Waals surface area contributed by atoms with Crippen LogP contribution in [-0.2, 0) is 11.3 Å². The molecule has 0 aliphatic heterocycles. The first-order valence-electron chi connectivity index (χ1n) is 6.84. The van der Waals surface area contributed by atoms with Gasteiger partial charge in [0.15, 0.2) is 0 Å². The fraction of sp³-hybridized carbons (Fsp3) is 0.533. The van der Waals surface area contributed by atoms with E-state index in [0.717, 1.165) is 24.8 Å². The predicted molar refractivity (Wildman–Crippen MR) is 72.9 cm³/mol. The Morgan fingerprint density at radius 1 is 1.47 bits per heavy atom. The number of nitrogens with two attached hydrogens (primary N) is 1. The molecule has 1 aromatic carbocycles. The van der Waals surface area contributed by atoms with Crippen LogP contribution < -0.4 is 11.1 Å². The molecule has 1 amide bonds. The number of carbonyl (C=O) groups excluding carboxylic acids is 1. The van der Waals surface area contributed by atoms with Crippen LogP contribution in [-0.4, -0.2) is 12.5 Å². The van der Waals surface area contributed by atoms with Gasteiger partial charge < -0.3 is 11.1 Å². The van der Waals surface area contributed by atoms with Crippen molar-refractivity contribution in [2.75, 3.05) is 6.54 Å². The minimum absolute atomic E-state index is 0.0281. The van der Waals surface area contributed by atoms with E-state index in [1.807, 2.05) is 6.07 Å². The van der Waals surface area contributed by atoms with Gasteiger partial charge in [0.25, 0.3) is 0 Å². The van der Waals surface area contributed by atoms with Crippen LogP contribution in [0.25, 0.3) is 0 Å². The molecule has 0 saturated heterocycles. The average molecular weight is 264 g/mol. The zero-order chi connectivity index (χ0) is 13.8. The minimum atomic E-state index is -0.229. The second-order valence-corrected chi connectivity index (χ2v) is 5.33. The summed E-state index contributed by atoms with van der Waals surface area (Å²) in [5.41, 5.74) is 7.09. The van der Waals surface area contributed by atoms with Crippen LogP contribution in [0, 0.1) is 24.6 Å². The van der Waals surface area contributed by atoms with Gasteiger partial charge >= 0.3 is 0 Å². The molecule has 0 heterocycles. The smallest absolute Gasteiger partial charge is 0.223 e. The number of carbonyl (C=O) groups is 1. The van der Waals surface area contributed by atoms with Crippen molar-refractivity contribution in [1.29, 1.82) is 0 Å². The second-order valence-electron chi connectivity index (χ2n) is 5.33. The summed E-state index contributed by atoms with van der Waals surface area (Å²) in [6.07, 6.45) is 3.02. The summed E-state index contributed by atoms with van der Waals surface area (Å²) in [6, 6.07) is 5.05. The summed E-state index contributed by atoms with van der Waals surface area (Å²) < 4.78 is 13.4. The number of amides is 1. The lowest BCUT2D eigenvalue weighted by Crippen LogP contribution is -2.34. The van der Waals surface area contributed by atoms with Crippen molar-refractivity contribution in [3.05, 3.63) is 35.1 Å². The Hall–Kier alpha value is -1.42. The number of rotatable bonds is 4. The van der Waals surface area contributed by atoms with Gasteiger partial charge in [0.2, 0.25) is 5.91 Å². The molecule has 1 saturated carbocycles. The molecule has 19 heavy (non-hydrogen) atoms. The molecule has 1 aromatic rings. The van der Waals surface area contributed by atoms with E-state index in [0.29, 0.717) is 24.6 Å². The van der Waals surface area contributed by atoms with Crippen molar-refractivity contribution in [1.82, 2.24) is 5.32 Å². The number of hydrogen-bond acceptors (Lipinski definition) is 2. The third-order valence-electron chi connectivity index (χ3n) is 4.00. The van der Waals surface area contributed by atoms with Crippen LogP contribution in [0.2, 0.25) is 0 Å². The van der Waals surface area contributed by atoms with Crippen molar-refractivity contribution in [2.45, 2.75) is 32.7 Å². The van der Waals surface area contributed by atoms with Gasteiger partial charge in [-0.2, -0.15) is 0 Å². The number of hydrogen-bond donors (Lipinski definition) is 2. The van der Waals surface area contributed by atoms with Gasteiger partial charge in [-0.05, 0) is 49.4 Å². The minimum Gasteiger partial charge on any atom is -0.352 e. The highest BCUT2D eigenvalue weighted by molar-refractivity contribution is 5.79. The number of nitrogens with one attached hydrogen (secondary N) is 1. The molecule has 0 aromatic heterocycles. The van der Waals surface area contributed by atoms with E-state index in [9.17, 15) is 9.18 Å². The van der Waals surface area contributed by atoms with Crippen molar-refractivity contribution < 1.29 is 9.18 Å². The molecule has 1 aliphatic carbocycles. The standard InChI is InChI=1S/C15H21FN2O/c1-10-5-6-11(7-14(10)16)9-18-15(19)13-4-2-3-12(13)8-17/h5-7,12-13H,2-4,8-9,17H2,1H3,(H,18,19)/t12-,13-/m1/s1. The van der Waals surface area contributed by atoms with E-state index in [-0.39, 0.29) is 17.6 Å². The van der Waals surface area contributed by atoms with Crippen molar-refractivity contribution in [2.24, 2.45) is 17.6 Å². The number of halogens is 1. The van der Waals surface area contributed by atoms with Gasteiger partial charge in [-0.25, -0.2) is 4.39 Å². The van der Waals surface area contributed by atoms with E-state index >= 15 is 0 Å². The Morgan fingerprint density at radius 3 is 2.95 bits per heavy atom. The Balaban J connectivity index is 1.91. The van der Waals surface area contributed by atoms with Gasteiger partial charge in [0.1, 0.15) is 5.82 Å². The molecular formula is C15H21FN2O. The van der Waals surface area contributed by atoms with E-state index in [2.05, 4.69) is 5.32 Å². The van der Waals surface area contributed by atoms with Crippen molar-refractivity contribution in [3.63, 3.8) is 0 Å². The summed E-state index contributed by atoms with van der Waals surface area (Å²) in [5, 5.41) is 2.89. The summed E-state index contributed by atoms with van der Waals surface area (Å²) in [5.74, 6) is 0.149. The normalized spacial score (nSPS) is 22.5. The van der Waals surface area contributed by atoms with Gasteiger partial charge in [0.05, 0.1) is 0 Å². The highest BCUT2D eigenvalue weighted by atomic mass is 19.1. The average Bonchev–Trinajstić information content (AvgIpc) is 2.88. The van der Waals surface area contributed by atoms with Crippen molar-refractivity contribution in [3.8, 4) is 0 Å². The molecule has 3 N–H and O–H groups in total. The first-order chi connectivity index (χ1) is 9.11. The van der Waals surface area contributed by atoms with Crippen LogP contribution in [0.15, 0.2) is 18.2 Å². The van der Waals surface area contributed by atoms with Gasteiger partial charge in [-0.15, -0.1) is 0 Å². The van der Waals surface area contributed by atoms with Gasteiger partial charge in [0, 0.05) is 12.5 Å². The fourth-order valence-electron chi connectivity index (χ4n) is 2.73. The van der Waals surface area contributed by atoms with E-state index in [4.69, 9.17) is 5.73 Å². The first kappa shape index (κ1) is 14.0. The topological polar surface area (TPSA) is 55.1 Å². The third kappa shape index (κ3) is 3.32. The van der Waals surface area contributed by atoms with Gasteiger partial charge in [-0.1, -0.05) is 18.6 Å². The summed E-state index contributed by atoms with van der Waals surface area (Å²) >= 11 is 0. The summed E-state index contributed by atoms with van der Waals surface area (Å²) in [7, 11) is 0. The van der Waals surface area contributed by atoms with Crippen molar-refractivity contribution >= 4 is 5.91 Å². The molecule has 0 radical (unpaired) electrons. The molecule has 0 spiro atoms. The maximum atomic E-state index is 13.4. The lowest BCUT2D eigenvalue weighted by Gasteiger charge is -2.17. The highest BCUT2D eigenvalue weighted by Gasteiger charge is 2.31. The van der Waals surface area contributed by atoms with Crippen LogP contribution >= 0.6 is 0 Å². The van der Waals surface area contributed by atoms with Crippen LogP contribution in [0.1, 0.15) is 30.4 Å². The lowest BCUT2D eigenvalue weighted by atomic mass is 9.95. The zero-order valence-corrected chi connectivity index (χ0v) is 11.3. The second kappa shape index (κ2) is 6.15. The summed E-state index contributed by atoms with van der Waals surface area (Å²) in [6.45, 7) is 2.67. The van der Waals surface area contributed by atoms with E-state index in [1.54, 1.807) is 13.0 Å². The zero-order valence-electron chi connectivity index (χ0n) is 11.3. The van der Waals surface area contributed by atoms with Crippen LogP contribution in [0.5, 0.6) is 0 Å². The van der Waals surface area contributed by atoms with Gasteiger partial charge in [-0.3, -0.25) is 4.79 Å². The maximum absolute atomic E-state index is 13.4. The first-order valence-corrected chi connectivity index (χ1v) is 6.84. The Labute approximate surface area is 113 Å². The predicted octanol–water partition coefficient (Wildman–Crippen LogP) is 2.13. The van der Waals surface area contributed by atoms with E-state index < -0.39 is 0 Å². The Bertz CT molecular complexity index is 461. The van der Waals surface area contributed by atoms with Crippen LogP contribution in [0.4, 0.5) is 4.39 Å². The fourth-order valence-corrected chi connectivity index (χ4v) is 2.73. The third-order valence-corrected chi connectivity index (χ3v) is 4.00. The number of benzene rings is 1. The van der Waals surface area contributed by atoms with E-state index in [1.165, 1.54) is 6.07 Å². The molecule has 1 aliphatic rings. The molecule has 2 rings (SSSR count). The lowest BCUT2D eigenvalue weighted by molar-refractivity contribution is -0.126. The summed E-state index contributed by atoms with van der Waals surface area (Å²) in [4.78, 5) is 12.1. The molecule has 0 unspecified atom stereocenters. The SMILES string of the molecule is Cc1ccc(CNC(=O)[C@@H]2CCC[C@@H]2CN)cc1F. The molecule has 0 bridgehead atoms. The monoisotopic (exact) mass is 264 g/mol. The molecule has 1 fully saturated rings. The maximum Gasteiger partial charge on any atom is 0.223 e. The molecule has 2 atom stereocenters. The highest BCUT2D eigenvalue weighted by Crippen LogP contribution is 2.30. The molecule has 3 nitrogen and oxygen atoms in total. The Kier molecular flexibility index (Phi) is 4.53. The largest absolute Gasteiger partial charge is 0.352 e. The molecule has 4 heteroatoms. The quantitative estimate of drug-likeness (QED) is 0.875. The molecular weight excluding hydrogens is 243 g/mol. The Morgan fingerprint density at radius 2 is 2.26 bits per heavy atom. The van der Waals surface area contributed by atoms with Crippen LogP contribution in [0.3, 0.4) is 0 Å². The number of aryl methyl sites for hydroxylation is 1.